The van der Waals surface area contributed by atoms with E-state index < -0.39 is 5.54 Å². The molecule has 2 atom stereocenters. The maximum absolute atomic E-state index is 6.60. The van der Waals surface area contributed by atoms with Gasteiger partial charge >= 0.3 is 0 Å². The van der Waals surface area contributed by atoms with E-state index in [1.165, 1.54) is 0 Å². The second-order valence-corrected chi connectivity index (χ2v) is 5.30. The second-order valence-electron chi connectivity index (χ2n) is 5.30. The largest absolute Gasteiger partial charge is 0.496 e. The number of aliphatic imine (C=N–C) groups is 1. The van der Waals surface area contributed by atoms with E-state index in [0.29, 0.717) is 5.92 Å². The topological polar surface area (TPSA) is 73.6 Å². The van der Waals surface area contributed by atoms with Gasteiger partial charge in [0.2, 0.25) is 0 Å². The first-order valence-electron chi connectivity index (χ1n) is 6.25. The van der Waals surface area contributed by atoms with Gasteiger partial charge in [0.05, 0.1) is 24.4 Å². The molecular weight excluding hydrogens is 226 g/mol. The SMILES string of the molecule is COc1cccc2c1C(N)(CC(C)C)C(N)C=N2. The number of rotatable bonds is 3. The summed E-state index contributed by atoms with van der Waals surface area (Å²) in [5, 5.41) is 0. The van der Waals surface area contributed by atoms with Crippen LogP contribution in [-0.2, 0) is 5.54 Å². The quantitative estimate of drug-likeness (QED) is 0.857. The second kappa shape index (κ2) is 4.71. The molecule has 2 unspecified atom stereocenters. The minimum absolute atomic E-state index is 0.288. The molecule has 1 aliphatic rings. The van der Waals surface area contributed by atoms with Crippen LogP contribution in [0.3, 0.4) is 0 Å². The molecule has 4 heteroatoms. The number of fused-ring (bicyclic) bond motifs is 1. The minimum atomic E-state index is -0.613. The minimum Gasteiger partial charge on any atom is -0.496 e. The summed E-state index contributed by atoms with van der Waals surface area (Å²) in [5.41, 5.74) is 13.9. The van der Waals surface area contributed by atoms with Gasteiger partial charge in [0.1, 0.15) is 5.75 Å². The van der Waals surface area contributed by atoms with Gasteiger partial charge in [0.15, 0.2) is 0 Å². The summed E-state index contributed by atoms with van der Waals surface area (Å²) in [6.45, 7) is 4.28. The molecule has 0 aromatic heterocycles. The fourth-order valence-electron chi connectivity index (χ4n) is 2.64. The van der Waals surface area contributed by atoms with Crippen molar-refractivity contribution in [2.24, 2.45) is 22.4 Å². The molecule has 0 aliphatic carbocycles. The summed E-state index contributed by atoms with van der Waals surface area (Å²) in [7, 11) is 1.65. The van der Waals surface area contributed by atoms with E-state index in [4.69, 9.17) is 16.2 Å². The molecule has 98 valence electrons. The zero-order valence-electron chi connectivity index (χ0n) is 11.2. The molecule has 0 fully saturated rings. The van der Waals surface area contributed by atoms with E-state index in [1.54, 1.807) is 13.3 Å². The van der Waals surface area contributed by atoms with Crippen molar-refractivity contribution in [3.8, 4) is 5.75 Å². The van der Waals surface area contributed by atoms with Gasteiger partial charge in [-0.05, 0) is 24.5 Å². The number of hydrogen-bond donors (Lipinski definition) is 2. The first kappa shape index (κ1) is 13.1. The van der Waals surface area contributed by atoms with Crippen LogP contribution in [0.4, 0.5) is 5.69 Å². The third kappa shape index (κ3) is 2.02. The summed E-state index contributed by atoms with van der Waals surface area (Å²) < 4.78 is 5.43. The van der Waals surface area contributed by atoms with Crippen LogP contribution < -0.4 is 16.2 Å². The molecule has 0 spiro atoms. The van der Waals surface area contributed by atoms with Crippen LogP contribution in [0.1, 0.15) is 25.8 Å². The van der Waals surface area contributed by atoms with Crippen molar-refractivity contribution in [3.05, 3.63) is 23.8 Å². The van der Waals surface area contributed by atoms with Crippen LogP contribution in [0, 0.1) is 5.92 Å². The molecule has 0 saturated carbocycles. The number of benzene rings is 1. The highest BCUT2D eigenvalue weighted by Gasteiger charge is 2.40. The Kier molecular flexibility index (Phi) is 3.41. The third-order valence-corrected chi connectivity index (χ3v) is 3.40. The Balaban J connectivity index is 2.59. The van der Waals surface area contributed by atoms with Crippen molar-refractivity contribution in [2.75, 3.05) is 7.11 Å². The van der Waals surface area contributed by atoms with Crippen LogP contribution in [-0.4, -0.2) is 19.4 Å². The van der Waals surface area contributed by atoms with Gasteiger partial charge in [-0.15, -0.1) is 0 Å². The molecular formula is C14H21N3O. The van der Waals surface area contributed by atoms with Crippen LogP contribution >= 0.6 is 0 Å². The van der Waals surface area contributed by atoms with Gasteiger partial charge < -0.3 is 16.2 Å². The lowest BCUT2D eigenvalue weighted by atomic mass is 9.75. The Morgan fingerprint density at radius 3 is 2.78 bits per heavy atom. The van der Waals surface area contributed by atoms with E-state index in [-0.39, 0.29) is 6.04 Å². The van der Waals surface area contributed by atoms with Crippen molar-refractivity contribution in [1.29, 1.82) is 0 Å². The summed E-state index contributed by atoms with van der Waals surface area (Å²) in [6.07, 6.45) is 2.54. The molecule has 1 aromatic rings. The Morgan fingerprint density at radius 2 is 2.17 bits per heavy atom. The molecule has 1 heterocycles. The summed E-state index contributed by atoms with van der Waals surface area (Å²) in [5.74, 6) is 1.22. The maximum atomic E-state index is 6.60. The Labute approximate surface area is 108 Å². The average molecular weight is 247 g/mol. The molecule has 1 aliphatic heterocycles. The highest BCUT2D eigenvalue weighted by atomic mass is 16.5. The van der Waals surface area contributed by atoms with Crippen LogP contribution in [0.5, 0.6) is 5.75 Å². The third-order valence-electron chi connectivity index (χ3n) is 3.40. The Hall–Kier alpha value is -1.39. The van der Waals surface area contributed by atoms with Gasteiger partial charge in [-0.3, -0.25) is 4.99 Å². The normalized spacial score (nSPS) is 26.2. The van der Waals surface area contributed by atoms with Gasteiger partial charge in [-0.25, -0.2) is 0 Å². The fraction of sp³-hybridized carbons (Fsp3) is 0.500. The predicted molar refractivity (Wildman–Crippen MR) is 74.4 cm³/mol. The number of nitrogens with zero attached hydrogens (tertiary/aromatic N) is 1. The lowest BCUT2D eigenvalue weighted by Crippen LogP contribution is -2.55. The fourth-order valence-corrected chi connectivity index (χ4v) is 2.64. The number of nitrogens with two attached hydrogens (primary N) is 2. The summed E-state index contributed by atoms with van der Waals surface area (Å²) in [6, 6.07) is 5.49. The number of hydrogen-bond acceptors (Lipinski definition) is 4. The first-order valence-corrected chi connectivity index (χ1v) is 6.25. The zero-order chi connectivity index (χ0) is 13.3. The molecule has 0 radical (unpaired) electrons. The van der Waals surface area contributed by atoms with E-state index in [9.17, 15) is 0 Å². The summed E-state index contributed by atoms with van der Waals surface area (Å²) >= 11 is 0. The van der Waals surface area contributed by atoms with Crippen molar-refractivity contribution >= 4 is 11.9 Å². The maximum Gasteiger partial charge on any atom is 0.126 e. The number of methoxy groups -OCH3 is 1. The Morgan fingerprint density at radius 1 is 1.44 bits per heavy atom. The van der Waals surface area contributed by atoms with Gasteiger partial charge in [-0.2, -0.15) is 0 Å². The molecule has 4 nitrogen and oxygen atoms in total. The zero-order valence-corrected chi connectivity index (χ0v) is 11.2. The van der Waals surface area contributed by atoms with E-state index in [0.717, 1.165) is 23.4 Å². The monoisotopic (exact) mass is 247 g/mol. The summed E-state index contributed by atoms with van der Waals surface area (Å²) in [4.78, 5) is 4.38. The smallest absolute Gasteiger partial charge is 0.126 e. The predicted octanol–water partition coefficient (Wildman–Crippen LogP) is 1.94. The Bertz CT molecular complexity index is 470. The van der Waals surface area contributed by atoms with Gasteiger partial charge in [0, 0.05) is 11.8 Å². The van der Waals surface area contributed by atoms with Gasteiger partial charge in [0.25, 0.3) is 0 Å². The van der Waals surface area contributed by atoms with E-state index in [1.807, 2.05) is 18.2 Å². The molecule has 0 bridgehead atoms. The molecule has 0 amide bonds. The van der Waals surface area contributed by atoms with Gasteiger partial charge in [-0.1, -0.05) is 19.9 Å². The lowest BCUT2D eigenvalue weighted by molar-refractivity contribution is 0.311. The van der Waals surface area contributed by atoms with E-state index in [2.05, 4.69) is 18.8 Å². The molecule has 4 N–H and O–H groups in total. The van der Waals surface area contributed by atoms with Crippen LogP contribution in [0.25, 0.3) is 0 Å². The molecule has 1 aromatic carbocycles. The number of ether oxygens (including phenoxy) is 1. The first-order chi connectivity index (χ1) is 8.49. The highest BCUT2D eigenvalue weighted by Crippen LogP contribution is 2.43. The average Bonchev–Trinajstić information content (AvgIpc) is 2.32. The lowest BCUT2D eigenvalue weighted by Gasteiger charge is -2.39. The molecule has 2 rings (SSSR count). The van der Waals surface area contributed by atoms with Crippen molar-refractivity contribution < 1.29 is 4.74 Å². The van der Waals surface area contributed by atoms with Crippen LogP contribution in [0.2, 0.25) is 0 Å². The molecule has 18 heavy (non-hydrogen) atoms. The van der Waals surface area contributed by atoms with Crippen LogP contribution in [0.15, 0.2) is 23.2 Å². The van der Waals surface area contributed by atoms with Crippen molar-refractivity contribution in [2.45, 2.75) is 31.8 Å². The van der Waals surface area contributed by atoms with Crippen molar-refractivity contribution in [3.63, 3.8) is 0 Å². The standard InChI is InChI=1S/C14H21N3O/c1-9(2)7-14(16)12(15)8-17-10-5-4-6-11(18-3)13(10)14/h4-6,8-9,12H,7,15-16H2,1-3H3. The van der Waals surface area contributed by atoms with Crippen molar-refractivity contribution in [1.82, 2.24) is 0 Å². The highest BCUT2D eigenvalue weighted by molar-refractivity contribution is 5.78. The molecule has 0 saturated heterocycles. The van der Waals surface area contributed by atoms with E-state index >= 15 is 0 Å².